The average molecular weight is 388 g/mol. The lowest BCUT2D eigenvalue weighted by Gasteiger charge is -2.17. The smallest absolute Gasteiger partial charge is 0.213 e. The highest BCUT2D eigenvalue weighted by atomic mass is 16.5. The predicted octanol–water partition coefficient (Wildman–Crippen LogP) is 4.22. The van der Waals surface area contributed by atoms with E-state index in [-0.39, 0.29) is 12.1 Å². The molecule has 0 spiro atoms. The van der Waals surface area contributed by atoms with Crippen LogP contribution in [0.3, 0.4) is 0 Å². The van der Waals surface area contributed by atoms with Crippen molar-refractivity contribution in [1.29, 1.82) is 0 Å². The van der Waals surface area contributed by atoms with E-state index in [4.69, 9.17) is 15.5 Å². The van der Waals surface area contributed by atoms with E-state index in [2.05, 4.69) is 10.3 Å². The average Bonchev–Trinajstić information content (AvgIpc) is 3.21. The fourth-order valence-electron chi connectivity index (χ4n) is 3.83. The van der Waals surface area contributed by atoms with Crippen LogP contribution in [0, 0.1) is 6.92 Å². The van der Waals surface area contributed by atoms with Gasteiger partial charge in [0.05, 0.1) is 28.4 Å². The zero-order valence-electron chi connectivity index (χ0n) is 16.4. The first-order chi connectivity index (χ1) is 14.2. The summed E-state index contributed by atoms with van der Waals surface area (Å²) >= 11 is 0. The Hall–Kier alpha value is -3.41. The van der Waals surface area contributed by atoms with E-state index in [9.17, 15) is 4.79 Å². The van der Waals surface area contributed by atoms with Gasteiger partial charge in [-0.05, 0) is 56.4 Å². The molecule has 0 bridgehead atoms. The molecule has 1 aliphatic rings. The van der Waals surface area contributed by atoms with Crippen LogP contribution < -0.4 is 15.8 Å². The molecule has 1 amide bonds. The van der Waals surface area contributed by atoms with Crippen molar-refractivity contribution in [3.8, 4) is 17.0 Å². The normalized spacial score (nSPS) is 14.9. The van der Waals surface area contributed by atoms with Crippen molar-refractivity contribution >= 4 is 29.0 Å². The van der Waals surface area contributed by atoms with Crippen LogP contribution in [0.25, 0.3) is 22.2 Å². The first kappa shape index (κ1) is 18.9. The molecule has 148 valence electrons. The van der Waals surface area contributed by atoms with Gasteiger partial charge in [0.1, 0.15) is 5.75 Å². The van der Waals surface area contributed by atoms with Gasteiger partial charge in [-0.1, -0.05) is 30.3 Å². The van der Waals surface area contributed by atoms with Crippen LogP contribution in [-0.2, 0) is 4.79 Å². The zero-order valence-corrected chi connectivity index (χ0v) is 16.4. The predicted molar refractivity (Wildman–Crippen MR) is 115 cm³/mol. The number of nitrogens with one attached hydrogen (secondary N) is 1. The number of carbonyl (C=O) groups is 1. The quantitative estimate of drug-likeness (QED) is 0.389. The van der Waals surface area contributed by atoms with Gasteiger partial charge in [0, 0.05) is 5.56 Å². The monoisotopic (exact) mass is 388 g/mol. The zero-order chi connectivity index (χ0) is 20.2. The third-order valence-electron chi connectivity index (χ3n) is 5.24. The van der Waals surface area contributed by atoms with E-state index >= 15 is 0 Å². The molecule has 6 heteroatoms. The number of amides is 1. The van der Waals surface area contributed by atoms with Gasteiger partial charge in [-0.3, -0.25) is 10.1 Å². The molecule has 3 N–H and O–H groups in total. The van der Waals surface area contributed by atoms with E-state index in [1.807, 2.05) is 55.5 Å². The fraction of sp³-hybridized carbons (Fsp3) is 0.261. The molecule has 6 nitrogen and oxygen atoms in total. The Balaban J connectivity index is 1.90. The third kappa shape index (κ3) is 4.06. The Morgan fingerprint density at radius 3 is 2.76 bits per heavy atom. The summed E-state index contributed by atoms with van der Waals surface area (Å²) in [4.78, 5) is 20.1. The number of nitrogens with two attached hydrogens (primary N) is 1. The van der Waals surface area contributed by atoms with Gasteiger partial charge >= 0.3 is 0 Å². The van der Waals surface area contributed by atoms with Crippen LogP contribution in [0.15, 0.2) is 53.5 Å². The second-order valence-electron chi connectivity index (χ2n) is 7.28. The Kier molecular flexibility index (Phi) is 5.42. The molecular weight excluding hydrogens is 364 g/mol. The van der Waals surface area contributed by atoms with Gasteiger partial charge in [0.2, 0.25) is 6.41 Å². The number of guanidine groups is 1. The molecule has 1 fully saturated rings. The van der Waals surface area contributed by atoms with Gasteiger partial charge in [-0.15, -0.1) is 0 Å². The lowest BCUT2D eigenvalue weighted by molar-refractivity contribution is -0.108. The molecule has 1 aliphatic carbocycles. The summed E-state index contributed by atoms with van der Waals surface area (Å²) in [5, 5.41) is 3.21. The van der Waals surface area contributed by atoms with Crippen LogP contribution in [0.5, 0.6) is 5.75 Å². The summed E-state index contributed by atoms with van der Waals surface area (Å²) in [5.41, 5.74) is 10.2. The van der Waals surface area contributed by atoms with Gasteiger partial charge in [0.25, 0.3) is 0 Å². The van der Waals surface area contributed by atoms with Crippen LogP contribution in [-0.4, -0.2) is 23.5 Å². The molecule has 0 aliphatic heterocycles. The van der Waals surface area contributed by atoms with Crippen molar-refractivity contribution in [3.05, 3.63) is 54.1 Å². The molecule has 0 radical (unpaired) electrons. The van der Waals surface area contributed by atoms with E-state index in [1.165, 1.54) is 12.8 Å². The van der Waals surface area contributed by atoms with Gasteiger partial charge in [-0.2, -0.15) is 0 Å². The van der Waals surface area contributed by atoms with E-state index in [0.29, 0.717) is 12.1 Å². The molecule has 3 aromatic rings. The number of pyridine rings is 1. The number of rotatable bonds is 5. The number of hydrogen-bond donors (Lipinski definition) is 2. The minimum Gasteiger partial charge on any atom is -0.490 e. The molecule has 0 unspecified atom stereocenters. The summed E-state index contributed by atoms with van der Waals surface area (Å²) in [5.74, 6) is 0.773. The van der Waals surface area contributed by atoms with E-state index < -0.39 is 0 Å². The Labute approximate surface area is 169 Å². The summed E-state index contributed by atoms with van der Waals surface area (Å²) in [6.07, 6.45) is 5.20. The van der Waals surface area contributed by atoms with E-state index in [1.54, 1.807) is 0 Å². The van der Waals surface area contributed by atoms with Crippen LogP contribution in [0.1, 0.15) is 31.2 Å². The number of nitrogens with zero attached hydrogens (tertiary/aromatic N) is 2. The van der Waals surface area contributed by atoms with Crippen molar-refractivity contribution in [2.24, 2.45) is 10.7 Å². The maximum absolute atomic E-state index is 10.8. The summed E-state index contributed by atoms with van der Waals surface area (Å²) < 4.78 is 6.30. The van der Waals surface area contributed by atoms with Gasteiger partial charge in [0.15, 0.2) is 5.96 Å². The molecule has 1 aromatic heterocycles. The Morgan fingerprint density at radius 2 is 2.00 bits per heavy atom. The number of fused-ring (bicyclic) bond motifs is 1. The standard InChI is InChI=1S/C23H24N4O2/c1-15-7-2-5-10-17(15)19-13-20(27-23(24)25-14-28)22-18(26-19)11-6-12-21(22)29-16-8-3-4-9-16/h2,5-7,10-14,16H,3-4,8-9H2,1H3,(H3,24,25,26,27,28). The summed E-state index contributed by atoms with van der Waals surface area (Å²) in [6.45, 7) is 2.05. The highest BCUT2D eigenvalue weighted by Gasteiger charge is 2.19. The van der Waals surface area contributed by atoms with Crippen LogP contribution >= 0.6 is 0 Å². The summed E-state index contributed by atoms with van der Waals surface area (Å²) in [6, 6.07) is 15.8. The summed E-state index contributed by atoms with van der Waals surface area (Å²) in [7, 11) is 0. The molecule has 4 rings (SSSR count). The minimum atomic E-state index is 0.0268. The number of aliphatic imine (C=N–C) groups is 1. The van der Waals surface area contributed by atoms with Crippen molar-refractivity contribution in [1.82, 2.24) is 10.3 Å². The number of ether oxygens (including phenoxy) is 1. The Bertz CT molecular complexity index is 1070. The number of hydrogen-bond acceptors (Lipinski definition) is 4. The van der Waals surface area contributed by atoms with Crippen LogP contribution in [0.2, 0.25) is 0 Å². The minimum absolute atomic E-state index is 0.0268. The van der Waals surface area contributed by atoms with Crippen molar-refractivity contribution in [2.45, 2.75) is 38.7 Å². The molecule has 2 aromatic carbocycles. The van der Waals surface area contributed by atoms with Gasteiger partial charge in [-0.25, -0.2) is 9.98 Å². The lowest BCUT2D eigenvalue weighted by Crippen LogP contribution is -2.29. The number of benzene rings is 2. The fourth-order valence-corrected chi connectivity index (χ4v) is 3.83. The van der Waals surface area contributed by atoms with E-state index in [0.717, 1.165) is 46.3 Å². The largest absolute Gasteiger partial charge is 0.490 e. The topological polar surface area (TPSA) is 89.6 Å². The molecular formula is C23H24N4O2. The second-order valence-corrected chi connectivity index (χ2v) is 7.28. The molecule has 0 saturated heterocycles. The number of aryl methyl sites for hydroxylation is 1. The van der Waals surface area contributed by atoms with Crippen molar-refractivity contribution in [2.75, 3.05) is 0 Å². The Morgan fingerprint density at radius 1 is 1.21 bits per heavy atom. The maximum Gasteiger partial charge on any atom is 0.213 e. The second kappa shape index (κ2) is 8.31. The highest BCUT2D eigenvalue weighted by Crippen LogP contribution is 2.38. The van der Waals surface area contributed by atoms with Crippen molar-refractivity contribution in [3.63, 3.8) is 0 Å². The van der Waals surface area contributed by atoms with Gasteiger partial charge < -0.3 is 10.5 Å². The van der Waals surface area contributed by atoms with Crippen LogP contribution in [0.4, 0.5) is 5.69 Å². The third-order valence-corrected chi connectivity index (χ3v) is 5.24. The lowest BCUT2D eigenvalue weighted by atomic mass is 10.0. The number of carbonyl (C=O) groups excluding carboxylic acids is 1. The first-order valence-electron chi connectivity index (χ1n) is 9.86. The van der Waals surface area contributed by atoms with Crippen molar-refractivity contribution < 1.29 is 9.53 Å². The maximum atomic E-state index is 10.8. The highest BCUT2D eigenvalue weighted by molar-refractivity contribution is 6.00. The number of aromatic nitrogens is 1. The molecule has 1 saturated carbocycles. The molecule has 1 heterocycles. The molecule has 29 heavy (non-hydrogen) atoms. The molecule has 0 atom stereocenters. The SMILES string of the molecule is Cc1ccccc1-c1cc(N=C(N)NC=O)c2c(OC3CCCC3)cccc2n1. The first-order valence-corrected chi connectivity index (χ1v) is 9.86.